The Balaban J connectivity index is 1.84. The number of hydrogen-bond donors (Lipinski definition) is 0. The van der Waals surface area contributed by atoms with E-state index >= 15 is 0 Å². The Hall–Kier alpha value is -1.36. The average molecular weight is 390 g/mol. The largest absolute Gasteiger partial charge is 0.376 e. The highest BCUT2D eigenvalue weighted by Gasteiger charge is 2.26. The van der Waals surface area contributed by atoms with Crippen molar-refractivity contribution in [2.75, 3.05) is 6.61 Å². The molecule has 1 fully saturated rings. The van der Waals surface area contributed by atoms with Gasteiger partial charge in [0, 0.05) is 11.5 Å². The summed E-state index contributed by atoms with van der Waals surface area (Å²) in [6.07, 6.45) is 5.22. The van der Waals surface area contributed by atoms with Crippen LogP contribution in [0.25, 0.3) is 10.2 Å². The van der Waals surface area contributed by atoms with E-state index in [1.807, 2.05) is 6.92 Å². The van der Waals surface area contributed by atoms with Crippen molar-refractivity contribution >= 4 is 33.3 Å². The van der Waals surface area contributed by atoms with E-state index in [4.69, 9.17) is 9.72 Å². The fourth-order valence-corrected chi connectivity index (χ4v) is 6.06. The monoisotopic (exact) mass is 389 g/mol. The van der Waals surface area contributed by atoms with Crippen molar-refractivity contribution in [1.82, 2.24) is 9.55 Å². The molecule has 26 heavy (non-hydrogen) atoms. The second-order valence-electron chi connectivity index (χ2n) is 7.37. The van der Waals surface area contributed by atoms with E-state index in [-0.39, 0.29) is 16.9 Å². The van der Waals surface area contributed by atoms with E-state index in [0.717, 1.165) is 48.9 Å². The van der Waals surface area contributed by atoms with Gasteiger partial charge in [0.1, 0.15) is 4.83 Å². The molecule has 5 nitrogen and oxygen atoms in total. The number of ether oxygens (including phenoxy) is 1. The first-order valence-electron chi connectivity index (χ1n) is 9.29. The minimum absolute atomic E-state index is 0.0465. The molecule has 3 atom stereocenters. The zero-order valence-electron chi connectivity index (χ0n) is 15.2. The van der Waals surface area contributed by atoms with Crippen LogP contribution in [0.2, 0.25) is 0 Å². The van der Waals surface area contributed by atoms with Crippen molar-refractivity contribution in [3.8, 4) is 6.07 Å². The molecule has 0 saturated carbocycles. The number of thioether (sulfide) groups is 1. The first-order chi connectivity index (χ1) is 12.6. The number of thiophene rings is 1. The third-order valence-electron chi connectivity index (χ3n) is 5.25. The Morgan fingerprint density at radius 2 is 2.35 bits per heavy atom. The number of nitriles is 1. The number of aromatic nitrogens is 2. The minimum atomic E-state index is -0.246. The predicted octanol–water partition coefficient (Wildman–Crippen LogP) is 3.77. The Morgan fingerprint density at radius 3 is 3.08 bits per heavy atom. The average Bonchev–Trinajstić information content (AvgIpc) is 3.24. The topological polar surface area (TPSA) is 67.9 Å². The van der Waals surface area contributed by atoms with Crippen molar-refractivity contribution in [2.45, 2.75) is 69.0 Å². The van der Waals surface area contributed by atoms with Crippen LogP contribution < -0.4 is 5.56 Å². The number of rotatable bonds is 4. The van der Waals surface area contributed by atoms with Crippen LogP contribution in [-0.2, 0) is 24.1 Å². The quantitative estimate of drug-likeness (QED) is 0.588. The molecule has 0 amide bonds. The van der Waals surface area contributed by atoms with Crippen LogP contribution in [0.5, 0.6) is 0 Å². The van der Waals surface area contributed by atoms with Gasteiger partial charge in [-0.3, -0.25) is 9.36 Å². The van der Waals surface area contributed by atoms with Crippen LogP contribution in [0, 0.1) is 17.2 Å². The van der Waals surface area contributed by atoms with Gasteiger partial charge >= 0.3 is 0 Å². The zero-order valence-corrected chi connectivity index (χ0v) is 16.8. The molecule has 1 saturated heterocycles. The van der Waals surface area contributed by atoms with E-state index in [1.165, 1.54) is 22.2 Å². The summed E-state index contributed by atoms with van der Waals surface area (Å²) >= 11 is 3.04. The van der Waals surface area contributed by atoms with Gasteiger partial charge in [-0.05, 0) is 50.5 Å². The van der Waals surface area contributed by atoms with Crippen LogP contribution in [0.15, 0.2) is 9.95 Å². The Labute approximate surface area is 161 Å². The van der Waals surface area contributed by atoms with Crippen molar-refractivity contribution in [3.63, 3.8) is 0 Å². The molecule has 0 aromatic carbocycles. The molecule has 0 unspecified atom stereocenters. The van der Waals surface area contributed by atoms with Gasteiger partial charge in [-0.15, -0.1) is 11.3 Å². The summed E-state index contributed by atoms with van der Waals surface area (Å²) in [5.41, 5.74) is 1.26. The van der Waals surface area contributed by atoms with Crippen LogP contribution in [0.1, 0.15) is 43.6 Å². The third-order valence-corrected chi connectivity index (χ3v) is 7.38. The number of hydrogen-bond acceptors (Lipinski definition) is 6. The maximum atomic E-state index is 13.4. The summed E-state index contributed by atoms with van der Waals surface area (Å²) in [5, 5.41) is 10.4. The van der Waals surface area contributed by atoms with Crippen molar-refractivity contribution in [2.24, 2.45) is 5.92 Å². The second kappa shape index (κ2) is 7.34. The fraction of sp³-hybridized carbons (Fsp3) is 0.632. The van der Waals surface area contributed by atoms with E-state index in [0.29, 0.717) is 17.6 Å². The highest BCUT2D eigenvalue weighted by molar-refractivity contribution is 8.00. The Bertz CT molecular complexity index is 921. The molecule has 3 heterocycles. The maximum absolute atomic E-state index is 13.4. The molecule has 0 spiro atoms. The second-order valence-corrected chi connectivity index (χ2v) is 9.76. The first-order valence-corrected chi connectivity index (χ1v) is 11.0. The molecule has 7 heteroatoms. The minimum Gasteiger partial charge on any atom is -0.376 e. The molecule has 0 bridgehead atoms. The lowest BCUT2D eigenvalue weighted by molar-refractivity contribution is 0.0937. The Kier molecular flexibility index (Phi) is 5.09. The first kappa shape index (κ1) is 18.0. The number of aryl methyl sites for hydroxylation is 1. The molecule has 1 aliphatic heterocycles. The molecule has 4 rings (SSSR count). The number of nitrogens with zero attached hydrogens (tertiary/aromatic N) is 3. The smallest absolute Gasteiger partial charge is 0.263 e. The van der Waals surface area contributed by atoms with Gasteiger partial charge in [-0.1, -0.05) is 18.7 Å². The molecular weight excluding hydrogens is 366 g/mol. The van der Waals surface area contributed by atoms with Gasteiger partial charge < -0.3 is 4.74 Å². The SMILES string of the molecule is C[C@H]1CCc2c(sc3nc(S[C@H](C)C#N)n(C[C@@H]4CCCO4)c(=O)c23)C1. The molecule has 2 aliphatic rings. The molecule has 0 radical (unpaired) electrons. The van der Waals surface area contributed by atoms with Gasteiger partial charge in [0.05, 0.1) is 29.4 Å². The molecular formula is C19H23N3O2S2. The normalized spacial score (nSPS) is 23.7. The van der Waals surface area contributed by atoms with E-state index in [1.54, 1.807) is 15.9 Å². The zero-order chi connectivity index (χ0) is 18.3. The third kappa shape index (κ3) is 3.30. The molecule has 138 valence electrons. The predicted molar refractivity (Wildman–Crippen MR) is 105 cm³/mol. The summed E-state index contributed by atoms with van der Waals surface area (Å²) in [5.74, 6) is 0.664. The van der Waals surface area contributed by atoms with Crippen LogP contribution >= 0.6 is 23.1 Å². The van der Waals surface area contributed by atoms with Gasteiger partial charge in [0.2, 0.25) is 0 Å². The lowest BCUT2D eigenvalue weighted by Gasteiger charge is -2.18. The molecule has 0 N–H and O–H groups in total. The molecule has 2 aromatic rings. The van der Waals surface area contributed by atoms with Crippen molar-refractivity contribution in [3.05, 3.63) is 20.8 Å². The number of fused-ring (bicyclic) bond motifs is 3. The van der Waals surface area contributed by atoms with Crippen LogP contribution in [0.4, 0.5) is 0 Å². The summed E-state index contributed by atoms with van der Waals surface area (Å²) in [7, 11) is 0. The standard InChI is InChI=1S/C19H23N3O2S2/c1-11-5-6-14-15(8-11)26-17-16(14)18(23)22(10-13-4-3-7-24-13)19(21-17)25-12(2)9-20/h11-13H,3-8,10H2,1-2H3/t11-,12+,13-/m0/s1. The van der Waals surface area contributed by atoms with E-state index < -0.39 is 0 Å². The van der Waals surface area contributed by atoms with Gasteiger partial charge in [-0.2, -0.15) is 5.26 Å². The lowest BCUT2D eigenvalue weighted by Crippen LogP contribution is -2.29. The Morgan fingerprint density at radius 1 is 1.50 bits per heavy atom. The van der Waals surface area contributed by atoms with Gasteiger partial charge in [0.15, 0.2) is 5.16 Å². The van der Waals surface area contributed by atoms with Crippen molar-refractivity contribution in [1.29, 1.82) is 5.26 Å². The maximum Gasteiger partial charge on any atom is 0.263 e. The van der Waals surface area contributed by atoms with Gasteiger partial charge in [-0.25, -0.2) is 4.98 Å². The summed E-state index contributed by atoms with van der Waals surface area (Å²) < 4.78 is 7.53. The molecule has 1 aliphatic carbocycles. The van der Waals surface area contributed by atoms with Crippen LogP contribution in [-0.4, -0.2) is 27.5 Å². The fourth-order valence-electron chi connectivity index (χ4n) is 3.83. The van der Waals surface area contributed by atoms with E-state index in [2.05, 4.69) is 13.0 Å². The highest BCUT2D eigenvalue weighted by Crippen LogP contribution is 2.37. The van der Waals surface area contributed by atoms with E-state index in [9.17, 15) is 10.1 Å². The summed E-state index contributed by atoms with van der Waals surface area (Å²) in [4.78, 5) is 20.4. The van der Waals surface area contributed by atoms with Crippen molar-refractivity contribution < 1.29 is 4.74 Å². The lowest BCUT2D eigenvalue weighted by atomic mass is 9.89. The molecule has 2 aromatic heterocycles. The summed E-state index contributed by atoms with van der Waals surface area (Å²) in [6, 6.07) is 2.24. The summed E-state index contributed by atoms with van der Waals surface area (Å²) in [6.45, 7) is 5.41. The van der Waals surface area contributed by atoms with Gasteiger partial charge in [0.25, 0.3) is 5.56 Å². The van der Waals surface area contributed by atoms with Crippen LogP contribution in [0.3, 0.4) is 0 Å². The highest BCUT2D eigenvalue weighted by atomic mass is 32.2.